The summed E-state index contributed by atoms with van der Waals surface area (Å²) in [5.41, 5.74) is 1.30. The standard InChI is InChI=1S/C14H24N2OS/c1-10(2)16-6-7-17-11(8-16)13-15-12(9-18-13)14(3,4)5/h9-11H,6-8H2,1-5H3. The summed E-state index contributed by atoms with van der Waals surface area (Å²) in [5, 5.41) is 3.30. The van der Waals surface area contributed by atoms with Crippen LogP contribution >= 0.6 is 11.3 Å². The molecule has 3 nitrogen and oxygen atoms in total. The van der Waals surface area contributed by atoms with Crippen molar-refractivity contribution in [2.75, 3.05) is 19.7 Å². The topological polar surface area (TPSA) is 25.4 Å². The van der Waals surface area contributed by atoms with Gasteiger partial charge < -0.3 is 4.74 Å². The minimum atomic E-state index is 0.126. The van der Waals surface area contributed by atoms with Gasteiger partial charge >= 0.3 is 0 Å². The molecule has 4 heteroatoms. The summed E-state index contributed by atoms with van der Waals surface area (Å²) in [5.74, 6) is 0. The minimum Gasteiger partial charge on any atom is -0.368 e. The molecule has 0 aromatic carbocycles. The van der Waals surface area contributed by atoms with E-state index in [9.17, 15) is 0 Å². The summed E-state index contributed by atoms with van der Waals surface area (Å²) in [6, 6.07) is 0.582. The Morgan fingerprint density at radius 1 is 1.44 bits per heavy atom. The molecule has 102 valence electrons. The highest BCUT2D eigenvalue weighted by Gasteiger charge is 2.27. The molecule has 0 saturated carbocycles. The summed E-state index contributed by atoms with van der Waals surface area (Å²) in [6.07, 6.45) is 0.155. The van der Waals surface area contributed by atoms with Crippen molar-refractivity contribution in [3.05, 3.63) is 16.1 Å². The lowest BCUT2D eigenvalue weighted by molar-refractivity contribution is -0.0403. The summed E-state index contributed by atoms with van der Waals surface area (Å²) in [6.45, 7) is 13.9. The zero-order chi connectivity index (χ0) is 13.3. The van der Waals surface area contributed by atoms with E-state index in [0.29, 0.717) is 6.04 Å². The lowest BCUT2D eigenvalue weighted by Gasteiger charge is -2.34. The highest BCUT2D eigenvalue weighted by atomic mass is 32.1. The summed E-state index contributed by atoms with van der Waals surface area (Å²) >= 11 is 1.73. The average molecular weight is 268 g/mol. The van der Waals surface area contributed by atoms with Gasteiger partial charge in [-0.1, -0.05) is 20.8 Å². The molecule has 1 fully saturated rings. The molecule has 0 radical (unpaired) electrons. The van der Waals surface area contributed by atoms with Gasteiger partial charge in [0.1, 0.15) is 11.1 Å². The Hall–Kier alpha value is -0.450. The fourth-order valence-corrected chi connectivity index (χ4v) is 3.15. The Morgan fingerprint density at radius 2 is 2.17 bits per heavy atom. The molecular weight excluding hydrogens is 244 g/mol. The predicted molar refractivity (Wildman–Crippen MR) is 76.2 cm³/mol. The SMILES string of the molecule is CC(C)N1CCOC(c2nc(C(C)(C)C)cs2)C1. The molecular formula is C14H24N2OS. The Labute approximate surface area is 114 Å². The minimum absolute atomic E-state index is 0.126. The first-order valence-corrected chi connectivity index (χ1v) is 7.57. The molecule has 1 atom stereocenters. The smallest absolute Gasteiger partial charge is 0.123 e. The van der Waals surface area contributed by atoms with Crippen LogP contribution in [0.15, 0.2) is 5.38 Å². The second kappa shape index (κ2) is 5.27. The molecule has 1 aromatic rings. The van der Waals surface area contributed by atoms with E-state index in [2.05, 4.69) is 44.9 Å². The lowest BCUT2D eigenvalue weighted by atomic mass is 9.93. The number of hydrogen-bond acceptors (Lipinski definition) is 4. The van der Waals surface area contributed by atoms with Crippen molar-refractivity contribution >= 4 is 11.3 Å². The number of rotatable bonds is 2. The maximum atomic E-state index is 5.88. The normalized spacial score (nSPS) is 22.7. The first-order valence-electron chi connectivity index (χ1n) is 6.69. The molecule has 0 aliphatic carbocycles. The number of aromatic nitrogens is 1. The van der Waals surface area contributed by atoms with Gasteiger partial charge in [0.25, 0.3) is 0 Å². The Kier molecular flexibility index (Phi) is 4.09. The number of morpholine rings is 1. The second-order valence-corrected chi connectivity index (χ2v) is 7.16. The fraction of sp³-hybridized carbons (Fsp3) is 0.786. The van der Waals surface area contributed by atoms with E-state index in [1.165, 1.54) is 5.69 Å². The Morgan fingerprint density at radius 3 is 2.72 bits per heavy atom. The molecule has 2 heterocycles. The zero-order valence-electron chi connectivity index (χ0n) is 12.1. The molecule has 1 aromatic heterocycles. The molecule has 0 spiro atoms. The van der Waals surface area contributed by atoms with Gasteiger partial charge in [-0.15, -0.1) is 11.3 Å². The third-order valence-electron chi connectivity index (χ3n) is 3.39. The van der Waals surface area contributed by atoms with Gasteiger partial charge in [0, 0.05) is 29.9 Å². The van der Waals surface area contributed by atoms with E-state index in [0.717, 1.165) is 24.7 Å². The van der Waals surface area contributed by atoms with Crippen LogP contribution < -0.4 is 0 Å². The van der Waals surface area contributed by atoms with Gasteiger partial charge in [-0.3, -0.25) is 4.90 Å². The molecule has 0 amide bonds. The van der Waals surface area contributed by atoms with Crippen LogP contribution in [0.25, 0.3) is 0 Å². The van der Waals surface area contributed by atoms with Gasteiger partial charge in [-0.2, -0.15) is 0 Å². The van der Waals surface area contributed by atoms with Crippen molar-refractivity contribution in [1.82, 2.24) is 9.88 Å². The van der Waals surface area contributed by atoms with Crippen molar-refractivity contribution in [3.8, 4) is 0 Å². The number of nitrogens with zero attached hydrogens (tertiary/aromatic N) is 2. The van der Waals surface area contributed by atoms with Gasteiger partial charge in [0.2, 0.25) is 0 Å². The van der Waals surface area contributed by atoms with Crippen molar-refractivity contribution in [3.63, 3.8) is 0 Å². The van der Waals surface area contributed by atoms with E-state index >= 15 is 0 Å². The van der Waals surface area contributed by atoms with E-state index < -0.39 is 0 Å². The van der Waals surface area contributed by atoms with Crippen LogP contribution in [0.5, 0.6) is 0 Å². The van der Waals surface area contributed by atoms with E-state index in [1.54, 1.807) is 11.3 Å². The monoisotopic (exact) mass is 268 g/mol. The first-order chi connectivity index (χ1) is 8.38. The third-order valence-corrected chi connectivity index (χ3v) is 4.33. The van der Waals surface area contributed by atoms with Gasteiger partial charge in [0.15, 0.2) is 0 Å². The lowest BCUT2D eigenvalue weighted by Crippen LogP contribution is -2.42. The van der Waals surface area contributed by atoms with Crippen molar-refractivity contribution in [2.24, 2.45) is 0 Å². The van der Waals surface area contributed by atoms with Crippen LogP contribution in [-0.4, -0.2) is 35.6 Å². The van der Waals surface area contributed by atoms with Crippen molar-refractivity contribution < 1.29 is 4.74 Å². The molecule has 1 aliphatic rings. The largest absolute Gasteiger partial charge is 0.368 e. The molecule has 1 aliphatic heterocycles. The molecule has 1 saturated heterocycles. The van der Waals surface area contributed by atoms with E-state index in [1.807, 2.05) is 0 Å². The van der Waals surface area contributed by atoms with Crippen LogP contribution in [0.4, 0.5) is 0 Å². The van der Waals surface area contributed by atoms with Crippen LogP contribution in [0.1, 0.15) is 51.4 Å². The number of ether oxygens (including phenoxy) is 1. The average Bonchev–Trinajstić information content (AvgIpc) is 2.78. The van der Waals surface area contributed by atoms with Crippen LogP contribution in [-0.2, 0) is 10.2 Å². The van der Waals surface area contributed by atoms with Gasteiger partial charge in [-0.05, 0) is 13.8 Å². The third kappa shape index (κ3) is 3.11. The van der Waals surface area contributed by atoms with Crippen molar-refractivity contribution in [2.45, 2.75) is 52.2 Å². The quantitative estimate of drug-likeness (QED) is 0.823. The van der Waals surface area contributed by atoms with Crippen LogP contribution in [0, 0.1) is 0 Å². The predicted octanol–water partition coefficient (Wildman–Crippen LogP) is 3.22. The zero-order valence-corrected chi connectivity index (χ0v) is 12.9. The highest BCUT2D eigenvalue weighted by Crippen LogP contribution is 2.30. The first kappa shape index (κ1) is 14.0. The summed E-state index contributed by atoms with van der Waals surface area (Å²) < 4.78 is 5.88. The molecule has 0 N–H and O–H groups in total. The second-order valence-electron chi connectivity index (χ2n) is 6.27. The highest BCUT2D eigenvalue weighted by molar-refractivity contribution is 7.09. The molecule has 0 bridgehead atoms. The molecule has 18 heavy (non-hydrogen) atoms. The van der Waals surface area contributed by atoms with Crippen molar-refractivity contribution in [1.29, 1.82) is 0 Å². The van der Waals surface area contributed by atoms with Crippen LogP contribution in [0.3, 0.4) is 0 Å². The van der Waals surface area contributed by atoms with Gasteiger partial charge in [0.05, 0.1) is 12.3 Å². The summed E-state index contributed by atoms with van der Waals surface area (Å²) in [7, 11) is 0. The van der Waals surface area contributed by atoms with E-state index in [-0.39, 0.29) is 11.5 Å². The summed E-state index contributed by atoms with van der Waals surface area (Å²) in [4.78, 5) is 7.23. The number of thiazole rings is 1. The molecule has 2 rings (SSSR count). The van der Waals surface area contributed by atoms with E-state index in [4.69, 9.17) is 9.72 Å². The maximum absolute atomic E-state index is 5.88. The maximum Gasteiger partial charge on any atom is 0.123 e. The Balaban J connectivity index is 2.09. The molecule has 1 unspecified atom stereocenters. The fourth-order valence-electron chi connectivity index (χ4n) is 2.07. The number of hydrogen-bond donors (Lipinski definition) is 0. The Bertz CT molecular complexity index is 395. The van der Waals surface area contributed by atoms with Crippen LogP contribution in [0.2, 0.25) is 0 Å². The van der Waals surface area contributed by atoms with Gasteiger partial charge in [-0.25, -0.2) is 4.98 Å².